The molecule has 2 N–H and O–H groups in total. The van der Waals surface area contributed by atoms with E-state index < -0.39 is 14.9 Å². The Balaban J connectivity index is 1.79. The summed E-state index contributed by atoms with van der Waals surface area (Å²) in [5.41, 5.74) is -0.242. The van der Waals surface area contributed by atoms with Gasteiger partial charge in [-0.2, -0.15) is 4.31 Å². The lowest BCUT2D eigenvalue weighted by Crippen LogP contribution is -2.42. The van der Waals surface area contributed by atoms with Crippen molar-refractivity contribution < 1.29 is 18.1 Å². The number of piperidine rings is 1. The normalized spacial score (nSPS) is 23.2. The van der Waals surface area contributed by atoms with Gasteiger partial charge in [-0.3, -0.25) is 14.9 Å². The number of nitrogens with zero attached hydrogens (tertiary/aromatic N) is 2. The van der Waals surface area contributed by atoms with Crippen molar-refractivity contribution in [2.75, 3.05) is 25.0 Å². The number of anilines is 1. The molecular weight excluding hydrogens is 384 g/mol. The third-order valence-corrected chi connectivity index (χ3v) is 6.85. The zero-order valence-corrected chi connectivity index (χ0v) is 16.9. The molecule has 0 bridgehead atoms. The van der Waals surface area contributed by atoms with Gasteiger partial charge in [0.1, 0.15) is 5.69 Å². The van der Waals surface area contributed by atoms with E-state index in [2.05, 4.69) is 10.6 Å². The first-order valence-electron chi connectivity index (χ1n) is 9.48. The van der Waals surface area contributed by atoms with E-state index in [1.807, 2.05) is 13.8 Å². The molecule has 0 spiro atoms. The molecule has 1 aromatic rings. The first kappa shape index (κ1) is 20.5. The number of carbonyl (C=O) groups excluding carboxylic acids is 1. The molecule has 28 heavy (non-hydrogen) atoms. The highest BCUT2D eigenvalue weighted by Crippen LogP contribution is 2.31. The fourth-order valence-electron chi connectivity index (χ4n) is 3.61. The van der Waals surface area contributed by atoms with Gasteiger partial charge in [-0.15, -0.1) is 0 Å². The van der Waals surface area contributed by atoms with Crippen LogP contribution in [0.3, 0.4) is 0 Å². The summed E-state index contributed by atoms with van der Waals surface area (Å²) >= 11 is 0. The number of nitrogens with one attached hydrogen (secondary N) is 2. The minimum atomic E-state index is -3.82. The van der Waals surface area contributed by atoms with Crippen LogP contribution in [0, 0.1) is 22.0 Å². The largest absolute Gasteiger partial charge is 0.371 e. The number of hydrogen-bond acceptors (Lipinski definition) is 6. The first-order chi connectivity index (χ1) is 13.2. The summed E-state index contributed by atoms with van der Waals surface area (Å²) < 4.78 is 27.4. The van der Waals surface area contributed by atoms with Crippen molar-refractivity contribution in [3.05, 3.63) is 28.3 Å². The summed E-state index contributed by atoms with van der Waals surface area (Å²) in [7, 11) is -3.82. The predicted molar refractivity (Wildman–Crippen MR) is 104 cm³/mol. The van der Waals surface area contributed by atoms with Crippen LogP contribution in [0.1, 0.15) is 33.1 Å². The standard InChI is InChI=1S/C18H26N4O5S/c1-12-7-13(2)11-21(10-12)28(26,27)15-5-6-16(17(8-15)22(24)25)19-9-18(23)20-14-3-4-14/h5-6,8,12-14,19H,3-4,7,9-11H2,1-2H3,(H,20,23)/t12-,13+. The third kappa shape index (κ3) is 4.79. The molecule has 1 amide bonds. The van der Waals surface area contributed by atoms with Crippen molar-refractivity contribution >= 4 is 27.3 Å². The molecule has 2 aliphatic rings. The summed E-state index contributed by atoms with van der Waals surface area (Å²) in [4.78, 5) is 22.5. The summed E-state index contributed by atoms with van der Waals surface area (Å²) in [6.07, 6.45) is 2.86. The van der Waals surface area contributed by atoms with Gasteiger partial charge in [0.15, 0.2) is 0 Å². The molecule has 3 rings (SSSR count). The summed E-state index contributed by atoms with van der Waals surface area (Å²) in [5.74, 6) is 0.226. The van der Waals surface area contributed by atoms with E-state index in [1.165, 1.54) is 16.4 Å². The number of amides is 1. The van der Waals surface area contributed by atoms with Crippen molar-refractivity contribution in [3.8, 4) is 0 Å². The number of hydrogen-bond donors (Lipinski definition) is 2. The second kappa shape index (κ2) is 8.04. The highest BCUT2D eigenvalue weighted by molar-refractivity contribution is 7.89. The number of benzene rings is 1. The molecular formula is C18H26N4O5S. The van der Waals surface area contributed by atoms with Gasteiger partial charge in [0.05, 0.1) is 16.4 Å². The Morgan fingerprint density at radius 2 is 1.89 bits per heavy atom. The molecule has 10 heteroatoms. The molecule has 1 heterocycles. The van der Waals surface area contributed by atoms with E-state index in [0.717, 1.165) is 25.3 Å². The van der Waals surface area contributed by atoms with Crippen LogP contribution in [-0.4, -0.2) is 49.2 Å². The minimum Gasteiger partial charge on any atom is -0.371 e. The van der Waals surface area contributed by atoms with Crippen molar-refractivity contribution in [2.45, 2.75) is 44.0 Å². The maximum atomic E-state index is 13.0. The van der Waals surface area contributed by atoms with E-state index in [1.54, 1.807) is 0 Å². The van der Waals surface area contributed by atoms with Gasteiger partial charge in [0.25, 0.3) is 5.69 Å². The van der Waals surface area contributed by atoms with Crippen molar-refractivity contribution in [3.63, 3.8) is 0 Å². The van der Waals surface area contributed by atoms with Crippen LogP contribution < -0.4 is 10.6 Å². The topological polar surface area (TPSA) is 122 Å². The Morgan fingerprint density at radius 3 is 2.46 bits per heavy atom. The highest BCUT2D eigenvalue weighted by atomic mass is 32.2. The van der Waals surface area contributed by atoms with Crippen LogP contribution in [0.15, 0.2) is 23.1 Å². The van der Waals surface area contributed by atoms with Crippen molar-refractivity contribution in [2.24, 2.45) is 11.8 Å². The molecule has 1 aliphatic carbocycles. The average Bonchev–Trinajstić information content (AvgIpc) is 3.42. The van der Waals surface area contributed by atoms with Crippen LogP contribution in [0.2, 0.25) is 0 Å². The zero-order valence-electron chi connectivity index (χ0n) is 16.1. The van der Waals surface area contributed by atoms with Gasteiger partial charge in [-0.1, -0.05) is 13.8 Å². The monoisotopic (exact) mass is 410 g/mol. The van der Waals surface area contributed by atoms with E-state index >= 15 is 0 Å². The Bertz CT molecular complexity index is 859. The summed E-state index contributed by atoms with van der Waals surface area (Å²) in [6, 6.07) is 3.98. The predicted octanol–water partition coefficient (Wildman–Crippen LogP) is 1.95. The molecule has 9 nitrogen and oxygen atoms in total. The minimum absolute atomic E-state index is 0.103. The Hall–Kier alpha value is -2.20. The molecule has 154 valence electrons. The molecule has 1 saturated heterocycles. The van der Waals surface area contributed by atoms with Gasteiger partial charge in [0, 0.05) is 25.2 Å². The Morgan fingerprint density at radius 1 is 1.25 bits per heavy atom. The number of nitro benzene ring substituents is 1. The maximum absolute atomic E-state index is 13.0. The fraction of sp³-hybridized carbons (Fsp3) is 0.611. The second-order valence-corrected chi connectivity index (χ2v) is 9.84. The van der Waals surface area contributed by atoms with Crippen LogP contribution in [0.25, 0.3) is 0 Å². The number of carbonyl (C=O) groups is 1. The fourth-order valence-corrected chi connectivity index (χ4v) is 5.31. The van der Waals surface area contributed by atoms with Gasteiger partial charge >= 0.3 is 0 Å². The van der Waals surface area contributed by atoms with Gasteiger partial charge in [-0.25, -0.2) is 8.42 Å². The maximum Gasteiger partial charge on any atom is 0.293 e. The molecule has 2 fully saturated rings. The first-order valence-corrected chi connectivity index (χ1v) is 10.9. The SMILES string of the molecule is C[C@@H]1C[C@H](C)CN(S(=O)(=O)c2ccc(NCC(=O)NC3CC3)c([N+](=O)[O-])c2)C1. The van der Waals surface area contributed by atoms with Crippen LogP contribution in [-0.2, 0) is 14.8 Å². The smallest absolute Gasteiger partial charge is 0.293 e. The Labute approximate surface area is 164 Å². The van der Waals surface area contributed by atoms with E-state index in [4.69, 9.17) is 0 Å². The van der Waals surface area contributed by atoms with Crippen LogP contribution >= 0.6 is 0 Å². The van der Waals surface area contributed by atoms with Gasteiger partial charge < -0.3 is 10.6 Å². The van der Waals surface area contributed by atoms with Crippen LogP contribution in [0.5, 0.6) is 0 Å². The zero-order chi connectivity index (χ0) is 20.5. The second-order valence-electron chi connectivity index (χ2n) is 7.90. The van der Waals surface area contributed by atoms with E-state index in [0.29, 0.717) is 13.1 Å². The lowest BCUT2D eigenvalue weighted by Gasteiger charge is -2.34. The Kier molecular flexibility index (Phi) is 5.90. The molecule has 1 saturated carbocycles. The van der Waals surface area contributed by atoms with E-state index in [-0.39, 0.29) is 46.6 Å². The van der Waals surface area contributed by atoms with Crippen molar-refractivity contribution in [1.82, 2.24) is 9.62 Å². The van der Waals surface area contributed by atoms with Gasteiger partial charge in [-0.05, 0) is 43.2 Å². The van der Waals surface area contributed by atoms with Gasteiger partial charge in [0.2, 0.25) is 15.9 Å². The molecule has 1 aliphatic heterocycles. The molecule has 2 atom stereocenters. The number of nitro groups is 1. The average molecular weight is 410 g/mol. The van der Waals surface area contributed by atoms with Crippen LogP contribution in [0.4, 0.5) is 11.4 Å². The molecule has 1 aromatic carbocycles. The lowest BCUT2D eigenvalue weighted by molar-refractivity contribution is -0.384. The third-order valence-electron chi connectivity index (χ3n) is 5.02. The van der Waals surface area contributed by atoms with Crippen molar-refractivity contribution in [1.29, 1.82) is 0 Å². The molecule has 0 unspecified atom stereocenters. The summed E-state index contributed by atoms with van der Waals surface area (Å²) in [6.45, 7) is 4.70. The lowest BCUT2D eigenvalue weighted by atomic mass is 9.94. The van der Waals surface area contributed by atoms with E-state index in [9.17, 15) is 23.3 Å². The quantitative estimate of drug-likeness (QED) is 0.523. The molecule has 0 radical (unpaired) electrons. The summed E-state index contributed by atoms with van der Waals surface area (Å²) in [5, 5.41) is 17.0. The number of rotatable bonds is 7. The molecule has 0 aromatic heterocycles. The highest BCUT2D eigenvalue weighted by Gasteiger charge is 2.33. The number of sulfonamides is 1.